The number of para-hydroxylation sites is 1. The Bertz CT molecular complexity index is 673. The zero-order valence-electron chi connectivity index (χ0n) is 14.4. The van der Waals surface area contributed by atoms with Crippen molar-refractivity contribution in [2.24, 2.45) is 0 Å². The van der Waals surface area contributed by atoms with Crippen molar-refractivity contribution in [2.45, 2.75) is 31.5 Å². The number of hydrogen-bond donors (Lipinski definition) is 0. The number of ether oxygens (including phenoxy) is 1. The van der Waals surface area contributed by atoms with Crippen LogP contribution in [0.3, 0.4) is 0 Å². The molecule has 2 aliphatic heterocycles. The van der Waals surface area contributed by atoms with Crippen molar-refractivity contribution >= 4 is 0 Å². The minimum absolute atomic E-state index is 0.531. The summed E-state index contributed by atoms with van der Waals surface area (Å²) >= 11 is 0. The van der Waals surface area contributed by atoms with Gasteiger partial charge in [-0.25, -0.2) is 0 Å². The van der Waals surface area contributed by atoms with Crippen molar-refractivity contribution in [1.29, 1.82) is 0 Å². The summed E-state index contributed by atoms with van der Waals surface area (Å²) in [6, 6.07) is 20.6. The summed E-state index contributed by atoms with van der Waals surface area (Å²) in [5.41, 5.74) is 2.76. The largest absolute Gasteiger partial charge is 0.496 e. The van der Waals surface area contributed by atoms with Crippen LogP contribution in [0, 0.1) is 0 Å². The first kappa shape index (κ1) is 15.7. The minimum atomic E-state index is 0.531. The van der Waals surface area contributed by atoms with Gasteiger partial charge in [0.15, 0.2) is 0 Å². The normalized spacial score (nSPS) is 27.0. The molecule has 0 radical (unpaired) electrons. The summed E-state index contributed by atoms with van der Waals surface area (Å²) in [6.07, 6.45) is 2.58. The van der Waals surface area contributed by atoms with Crippen LogP contribution in [-0.2, 0) is 6.54 Å². The molecule has 4 rings (SSSR count). The summed E-state index contributed by atoms with van der Waals surface area (Å²) < 4.78 is 5.57. The highest BCUT2D eigenvalue weighted by Gasteiger charge is 2.39. The van der Waals surface area contributed by atoms with Gasteiger partial charge in [0.1, 0.15) is 5.75 Å². The lowest BCUT2D eigenvalue weighted by Crippen LogP contribution is -2.57. The number of benzene rings is 2. The van der Waals surface area contributed by atoms with Crippen molar-refractivity contribution < 1.29 is 4.74 Å². The van der Waals surface area contributed by atoms with Gasteiger partial charge >= 0.3 is 0 Å². The summed E-state index contributed by atoms with van der Waals surface area (Å²) in [4.78, 5) is 5.35. The van der Waals surface area contributed by atoms with E-state index in [2.05, 4.69) is 58.3 Å². The van der Waals surface area contributed by atoms with E-state index >= 15 is 0 Å². The molecular weight excluding hydrogens is 296 g/mol. The van der Waals surface area contributed by atoms with E-state index in [4.69, 9.17) is 4.74 Å². The number of nitrogens with zero attached hydrogens (tertiary/aromatic N) is 2. The molecule has 2 bridgehead atoms. The van der Waals surface area contributed by atoms with E-state index in [1.54, 1.807) is 7.11 Å². The summed E-state index contributed by atoms with van der Waals surface area (Å²) in [5, 5.41) is 0. The van der Waals surface area contributed by atoms with Gasteiger partial charge in [-0.1, -0.05) is 48.5 Å². The van der Waals surface area contributed by atoms with E-state index in [-0.39, 0.29) is 0 Å². The molecule has 2 aromatic carbocycles. The van der Waals surface area contributed by atoms with Crippen LogP contribution in [0.2, 0.25) is 0 Å². The second kappa shape index (κ2) is 6.96. The van der Waals surface area contributed by atoms with E-state index in [0.29, 0.717) is 12.1 Å². The molecule has 2 heterocycles. The first-order valence-corrected chi connectivity index (χ1v) is 9.02. The molecule has 3 nitrogen and oxygen atoms in total. The SMILES string of the molecule is COc1ccccc1CN1CCN2CCC[C@@H]1[C@@H]2c1ccccc1. The van der Waals surface area contributed by atoms with Crippen molar-refractivity contribution in [2.75, 3.05) is 26.7 Å². The quantitative estimate of drug-likeness (QED) is 0.853. The summed E-state index contributed by atoms with van der Waals surface area (Å²) in [5.74, 6) is 1.01. The van der Waals surface area contributed by atoms with Gasteiger partial charge in [0, 0.05) is 31.2 Å². The van der Waals surface area contributed by atoms with Crippen LogP contribution in [-0.4, -0.2) is 42.6 Å². The zero-order valence-corrected chi connectivity index (χ0v) is 14.4. The molecule has 0 spiro atoms. The monoisotopic (exact) mass is 322 g/mol. The van der Waals surface area contributed by atoms with Crippen molar-refractivity contribution in [3.8, 4) is 5.75 Å². The highest BCUT2D eigenvalue weighted by molar-refractivity contribution is 5.33. The standard InChI is InChI=1S/C21H26N2O/c1-24-20-12-6-5-10-18(20)16-23-15-14-22-13-7-11-19(23)21(22)17-8-3-2-4-9-17/h2-6,8-10,12,19,21H,7,11,13-16H2,1H3/t19-,21+/m1/s1. The average molecular weight is 322 g/mol. The number of fused-ring (bicyclic) bond motifs is 2. The molecule has 2 aliphatic rings. The Labute approximate surface area is 144 Å². The van der Waals surface area contributed by atoms with Gasteiger partial charge in [0.25, 0.3) is 0 Å². The molecule has 2 saturated heterocycles. The Morgan fingerprint density at radius 1 is 0.958 bits per heavy atom. The molecule has 0 saturated carbocycles. The minimum Gasteiger partial charge on any atom is -0.496 e. The Balaban J connectivity index is 1.60. The van der Waals surface area contributed by atoms with E-state index in [1.807, 2.05) is 6.07 Å². The predicted octanol–water partition coefficient (Wildman–Crippen LogP) is 3.72. The number of rotatable bonds is 4. The van der Waals surface area contributed by atoms with Gasteiger partial charge in [-0.15, -0.1) is 0 Å². The molecule has 0 aliphatic carbocycles. The van der Waals surface area contributed by atoms with Crippen LogP contribution >= 0.6 is 0 Å². The Morgan fingerprint density at radius 3 is 2.58 bits per heavy atom. The van der Waals surface area contributed by atoms with Crippen LogP contribution in [0.1, 0.15) is 30.0 Å². The number of piperazine rings is 1. The highest BCUT2D eigenvalue weighted by atomic mass is 16.5. The van der Waals surface area contributed by atoms with Crippen molar-refractivity contribution in [1.82, 2.24) is 9.80 Å². The van der Waals surface area contributed by atoms with E-state index in [1.165, 1.54) is 30.5 Å². The molecule has 1 unspecified atom stereocenters. The Morgan fingerprint density at radius 2 is 1.75 bits per heavy atom. The average Bonchev–Trinajstić information content (AvgIpc) is 2.65. The van der Waals surface area contributed by atoms with Crippen LogP contribution < -0.4 is 4.74 Å². The maximum atomic E-state index is 5.57. The number of piperidine rings is 1. The van der Waals surface area contributed by atoms with Gasteiger partial charge in [-0.05, 0) is 31.0 Å². The van der Waals surface area contributed by atoms with Crippen molar-refractivity contribution in [3.63, 3.8) is 0 Å². The number of hydrogen-bond acceptors (Lipinski definition) is 3. The molecule has 3 atom stereocenters. The van der Waals surface area contributed by atoms with Crippen LogP contribution in [0.4, 0.5) is 0 Å². The zero-order chi connectivity index (χ0) is 16.4. The maximum Gasteiger partial charge on any atom is 0.123 e. The lowest BCUT2D eigenvalue weighted by atomic mass is 9.86. The molecule has 2 fully saturated rings. The first-order chi connectivity index (χ1) is 11.9. The second-order valence-electron chi connectivity index (χ2n) is 6.88. The third-order valence-electron chi connectivity index (χ3n) is 5.55. The third kappa shape index (κ3) is 2.94. The molecule has 0 amide bonds. The lowest BCUT2D eigenvalue weighted by molar-refractivity contribution is -0.0198. The van der Waals surface area contributed by atoms with Gasteiger partial charge in [0.2, 0.25) is 0 Å². The van der Waals surface area contributed by atoms with Gasteiger partial charge in [-0.3, -0.25) is 9.80 Å². The molecule has 0 N–H and O–H groups in total. The number of methoxy groups -OCH3 is 1. The molecule has 24 heavy (non-hydrogen) atoms. The highest BCUT2D eigenvalue weighted by Crippen LogP contribution is 2.38. The van der Waals surface area contributed by atoms with E-state index in [0.717, 1.165) is 25.4 Å². The lowest BCUT2D eigenvalue weighted by Gasteiger charge is -2.51. The summed E-state index contributed by atoms with van der Waals surface area (Å²) in [6.45, 7) is 4.52. The van der Waals surface area contributed by atoms with E-state index in [9.17, 15) is 0 Å². The Kier molecular flexibility index (Phi) is 4.54. The van der Waals surface area contributed by atoms with Gasteiger partial charge in [0.05, 0.1) is 13.2 Å². The molecule has 3 heteroatoms. The fraction of sp³-hybridized carbons (Fsp3) is 0.429. The topological polar surface area (TPSA) is 15.7 Å². The van der Waals surface area contributed by atoms with Gasteiger partial charge in [-0.2, -0.15) is 0 Å². The first-order valence-electron chi connectivity index (χ1n) is 9.02. The predicted molar refractivity (Wildman–Crippen MR) is 97.2 cm³/mol. The summed E-state index contributed by atoms with van der Waals surface area (Å²) in [7, 11) is 1.77. The van der Waals surface area contributed by atoms with Crippen LogP contribution in [0.15, 0.2) is 54.6 Å². The van der Waals surface area contributed by atoms with Crippen LogP contribution in [0.5, 0.6) is 5.75 Å². The fourth-order valence-electron chi connectivity index (χ4n) is 4.43. The molecule has 0 aromatic heterocycles. The Hall–Kier alpha value is -1.84. The van der Waals surface area contributed by atoms with Crippen LogP contribution in [0.25, 0.3) is 0 Å². The van der Waals surface area contributed by atoms with E-state index < -0.39 is 0 Å². The smallest absolute Gasteiger partial charge is 0.123 e. The molecule has 2 aromatic rings. The molecule has 126 valence electrons. The van der Waals surface area contributed by atoms with Crippen molar-refractivity contribution in [3.05, 3.63) is 65.7 Å². The second-order valence-corrected chi connectivity index (χ2v) is 6.88. The fourth-order valence-corrected chi connectivity index (χ4v) is 4.43. The maximum absolute atomic E-state index is 5.57. The molecular formula is C21H26N2O. The van der Waals surface area contributed by atoms with Gasteiger partial charge < -0.3 is 4.74 Å². The third-order valence-corrected chi connectivity index (χ3v) is 5.55.